The summed E-state index contributed by atoms with van der Waals surface area (Å²) in [6, 6.07) is 7.47. The Bertz CT molecular complexity index is 990. The topological polar surface area (TPSA) is 73.6 Å². The van der Waals surface area contributed by atoms with Crippen LogP contribution in [-0.4, -0.2) is 28.6 Å². The minimum Gasteiger partial charge on any atom is -0.350 e. The average Bonchev–Trinajstić information content (AvgIpc) is 3.26. The van der Waals surface area contributed by atoms with E-state index in [1.807, 2.05) is 0 Å². The Kier molecular flexibility index (Phi) is 4.55. The summed E-state index contributed by atoms with van der Waals surface area (Å²) in [5.74, 6) is 0.187. The fraction of sp³-hybridized carbons (Fsp3) is 0.350. The molecule has 0 bridgehead atoms. The second-order valence-electron chi connectivity index (χ2n) is 7.15. The number of anilines is 1. The Morgan fingerprint density at radius 2 is 2.14 bits per heavy atom. The molecule has 2 N–H and O–H groups in total. The predicted octanol–water partition coefficient (Wildman–Crippen LogP) is 3.52. The molecule has 0 spiro atoms. The highest BCUT2D eigenvalue weighted by molar-refractivity contribution is 5.85. The first-order valence-corrected chi connectivity index (χ1v) is 9.03. The lowest BCUT2D eigenvalue weighted by Gasteiger charge is -2.17. The van der Waals surface area contributed by atoms with Crippen molar-refractivity contribution in [2.75, 3.05) is 11.9 Å². The van der Waals surface area contributed by atoms with Gasteiger partial charge in [-0.05, 0) is 43.0 Å². The Morgan fingerprint density at radius 1 is 1.32 bits per heavy atom. The van der Waals surface area contributed by atoms with Crippen molar-refractivity contribution in [1.82, 2.24) is 15.3 Å². The maximum atomic E-state index is 13.6. The highest BCUT2D eigenvalue weighted by Gasteiger charge is 2.37. The third kappa shape index (κ3) is 3.45. The normalized spacial score (nSPS) is 21.2. The van der Waals surface area contributed by atoms with Crippen LogP contribution in [0.2, 0.25) is 0 Å². The van der Waals surface area contributed by atoms with Crippen molar-refractivity contribution in [1.29, 1.82) is 5.26 Å². The summed E-state index contributed by atoms with van der Waals surface area (Å²) in [6.07, 6.45) is -0.671. The van der Waals surface area contributed by atoms with Gasteiger partial charge in [0, 0.05) is 30.4 Å². The van der Waals surface area contributed by atoms with Gasteiger partial charge in [-0.3, -0.25) is 0 Å². The number of nitriles is 1. The molecule has 1 saturated heterocycles. The lowest BCUT2D eigenvalue weighted by atomic mass is 9.99. The Balaban J connectivity index is 1.73. The van der Waals surface area contributed by atoms with Gasteiger partial charge in [0.2, 0.25) is 5.95 Å². The second kappa shape index (κ2) is 6.91. The number of alkyl halides is 3. The number of hydrogen-bond donors (Lipinski definition) is 2. The molecule has 2 aromatic rings. The third-order valence-electron chi connectivity index (χ3n) is 5.08. The van der Waals surface area contributed by atoms with Gasteiger partial charge in [-0.2, -0.15) is 18.4 Å². The summed E-state index contributed by atoms with van der Waals surface area (Å²) in [7, 11) is 0. The van der Waals surface area contributed by atoms with E-state index in [0.29, 0.717) is 35.7 Å². The number of nitrogens with one attached hydrogen (secondary N) is 2. The lowest BCUT2D eigenvalue weighted by Crippen LogP contribution is -2.24. The first-order chi connectivity index (χ1) is 13.3. The number of rotatable bonds is 3. The van der Waals surface area contributed by atoms with E-state index in [0.717, 1.165) is 18.2 Å². The van der Waals surface area contributed by atoms with Crippen molar-refractivity contribution < 1.29 is 13.2 Å². The first kappa shape index (κ1) is 18.4. The minimum atomic E-state index is -4.56. The van der Waals surface area contributed by atoms with Crippen LogP contribution in [-0.2, 0) is 12.6 Å². The smallest absolute Gasteiger partial charge is 0.350 e. The van der Waals surface area contributed by atoms with Crippen LogP contribution in [0.1, 0.15) is 41.3 Å². The Hall–Kier alpha value is -2.92. The van der Waals surface area contributed by atoms with Gasteiger partial charge in [-0.25, -0.2) is 9.97 Å². The number of halogens is 3. The van der Waals surface area contributed by atoms with Crippen molar-refractivity contribution in [2.45, 2.75) is 38.0 Å². The molecule has 0 saturated carbocycles. The van der Waals surface area contributed by atoms with E-state index in [1.54, 1.807) is 24.3 Å². The van der Waals surface area contributed by atoms with E-state index in [-0.39, 0.29) is 17.7 Å². The van der Waals surface area contributed by atoms with Gasteiger partial charge in [-0.15, -0.1) is 0 Å². The number of allylic oxidation sites excluding steroid dienone is 1. The average molecular weight is 385 g/mol. The van der Waals surface area contributed by atoms with Crippen LogP contribution in [0.3, 0.4) is 0 Å². The summed E-state index contributed by atoms with van der Waals surface area (Å²) in [6.45, 7) is 2.76. The fourth-order valence-electron chi connectivity index (χ4n) is 3.73. The largest absolute Gasteiger partial charge is 0.419 e. The van der Waals surface area contributed by atoms with Gasteiger partial charge >= 0.3 is 6.18 Å². The van der Waals surface area contributed by atoms with Crippen molar-refractivity contribution >= 4 is 11.5 Å². The molecule has 2 atom stereocenters. The second-order valence-corrected chi connectivity index (χ2v) is 7.15. The molecular formula is C20H18F3N5. The highest BCUT2D eigenvalue weighted by atomic mass is 19.4. The summed E-state index contributed by atoms with van der Waals surface area (Å²) in [4.78, 5) is 8.16. The molecule has 2 heterocycles. The molecule has 1 aliphatic heterocycles. The van der Waals surface area contributed by atoms with Crippen LogP contribution in [0, 0.1) is 11.3 Å². The van der Waals surface area contributed by atoms with E-state index in [2.05, 4.69) is 33.6 Å². The number of benzene rings is 1. The number of nitrogens with zero attached hydrogens (tertiary/aromatic N) is 3. The molecule has 1 aromatic carbocycles. The SMILES string of the molecule is C[C@H]1C[C@H](Nc2ncc(C(F)(F)F)c(C3=CCc4cc(C#N)ccc43)n2)CN1. The van der Waals surface area contributed by atoms with Crippen molar-refractivity contribution in [3.05, 3.63) is 58.4 Å². The molecule has 0 unspecified atom stereocenters. The van der Waals surface area contributed by atoms with E-state index < -0.39 is 11.7 Å². The fourth-order valence-corrected chi connectivity index (χ4v) is 3.73. The van der Waals surface area contributed by atoms with Crippen LogP contribution in [0.5, 0.6) is 0 Å². The number of fused-ring (bicyclic) bond motifs is 1. The quantitative estimate of drug-likeness (QED) is 0.846. The molecule has 5 nitrogen and oxygen atoms in total. The van der Waals surface area contributed by atoms with E-state index >= 15 is 0 Å². The van der Waals surface area contributed by atoms with Crippen LogP contribution < -0.4 is 10.6 Å². The van der Waals surface area contributed by atoms with Gasteiger partial charge < -0.3 is 10.6 Å². The van der Waals surface area contributed by atoms with Gasteiger partial charge in [0.1, 0.15) is 5.56 Å². The van der Waals surface area contributed by atoms with E-state index in [9.17, 15) is 13.2 Å². The molecule has 1 fully saturated rings. The zero-order valence-electron chi connectivity index (χ0n) is 15.1. The third-order valence-corrected chi connectivity index (χ3v) is 5.08. The minimum absolute atomic E-state index is 0.0719. The van der Waals surface area contributed by atoms with Crippen molar-refractivity contribution in [3.63, 3.8) is 0 Å². The number of hydrogen-bond acceptors (Lipinski definition) is 5. The van der Waals surface area contributed by atoms with Gasteiger partial charge in [-0.1, -0.05) is 12.1 Å². The van der Waals surface area contributed by atoms with Gasteiger partial charge in [0.25, 0.3) is 0 Å². The van der Waals surface area contributed by atoms with Gasteiger partial charge in [0.15, 0.2) is 0 Å². The van der Waals surface area contributed by atoms with E-state index in [1.165, 1.54) is 0 Å². The molecule has 4 rings (SSSR count). The number of aromatic nitrogens is 2. The lowest BCUT2D eigenvalue weighted by molar-refractivity contribution is -0.138. The summed E-state index contributed by atoms with van der Waals surface area (Å²) >= 11 is 0. The summed E-state index contributed by atoms with van der Waals surface area (Å²) in [5.41, 5.74) is 1.41. The molecule has 1 aliphatic carbocycles. The van der Waals surface area contributed by atoms with Crippen LogP contribution in [0.15, 0.2) is 30.5 Å². The van der Waals surface area contributed by atoms with Crippen molar-refractivity contribution in [2.24, 2.45) is 0 Å². The molecule has 28 heavy (non-hydrogen) atoms. The molecule has 144 valence electrons. The molecule has 8 heteroatoms. The zero-order valence-corrected chi connectivity index (χ0v) is 15.1. The van der Waals surface area contributed by atoms with Crippen LogP contribution in [0.25, 0.3) is 5.57 Å². The predicted molar refractivity (Wildman–Crippen MR) is 98.5 cm³/mol. The van der Waals surface area contributed by atoms with Crippen molar-refractivity contribution in [3.8, 4) is 6.07 Å². The van der Waals surface area contributed by atoms with Gasteiger partial charge in [0.05, 0.1) is 17.3 Å². The Morgan fingerprint density at radius 3 is 2.82 bits per heavy atom. The standard InChI is InChI=1S/C20H18F3N5/c1-11-6-14(9-25-11)27-19-26-10-17(20(21,22)23)18(28-19)16-5-3-13-7-12(8-24)2-4-15(13)16/h2,4-5,7,10-11,14,25H,3,6,9H2,1H3,(H,26,27,28)/t11-,14-/m0/s1. The molecule has 0 radical (unpaired) electrons. The zero-order chi connectivity index (χ0) is 19.9. The highest BCUT2D eigenvalue weighted by Crippen LogP contribution is 2.39. The molecular weight excluding hydrogens is 367 g/mol. The van der Waals surface area contributed by atoms with Crippen LogP contribution >= 0.6 is 0 Å². The summed E-state index contributed by atoms with van der Waals surface area (Å²) < 4.78 is 40.8. The first-order valence-electron chi connectivity index (χ1n) is 9.03. The summed E-state index contributed by atoms with van der Waals surface area (Å²) in [5, 5.41) is 15.5. The molecule has 0 amide bonds. The maximum absolute atomic E-state index is 13.6. The monoisotopic (exact) mass is 385 g/mol. The Labute approximate surface area is 160 Å². The molecule has 1 aromatic heterocycles. The maximum Gasteiger partial charge on any atom is 0.419 e. The van der Waals surface area contributed by atoms with Crippen LogP contribution in [0.4, 0.5) is 19.1 Å². The molecule has 2 aliphatic rings. The van der Waals surface area contributed by atoms with E-state index in [4.69, 9.17) is 5.26 Å².